The highest BCUT2D eigenvalue weighted by atomic mass is 16.5. The molecule has 150 valence electrons. The molecule has 2 fully saturated rings. The third-order valence-electron chi connectivity index (χ3n) is 5.72. The molecule has 0 aromatic heterocycles. The van der Waals surface area contributed by atoms with Crippen LogP contribution in [0.2, 0.25) is 0 Å². The predicted molar refractivity (Wildman–Crippen MR) is 97.7 cm³/mol. The Morgan fingerprint density at radius 3 is 2.65 bits per heavy atom. The fraction of sp³-hybridized carbons (Fsp3) is 0.850. The smallest absolute Gasteiger partial charge is 0.303 e. The van der Waals surface area contributed by atoms with Crippen molar-refractivity contribution in [2.45, 2.75) is 95.2 Å². The van der Waals surface area contributed by atoms with Crippen LogP contribution in [-0.2, 0) is 9.53 Å². The molecule has 6 heteroatoms. The molecule has 0 radical (unpaired) electrons. The van der Waals surface area contributed by atoms with Crippen LogP contribution in [0.5, 0.6) is 0 Å². The molecule has 1 saturated heterocycles. The highest BCUT2D eigenvalue weighted by molar-refractivity contribution is 5.66. The van der Waals surface area contributed by atoms with Crippen LogP contribution in [0, 0.1) is 11.8 Å². The largest absolute Gasteiger partial charge is 0.481 e. The summed E-state index contributed by atoms with van der Waals surface area (Å²) in [5.74, 6) is -0.771. The van der Waals surface area contributed by atoms with Crippen molar-refractivity contribution >= 4 is 5.97 Å². The van der Waals surface area contributed by atoms with Gasteiger partial charge in [0.15, 0.2) is 0 Å². The van der Waals surface area contributed by atoms with Crippen LogP contribution < -0.4 is 0 Å². The minimum atomic E-state index is -0.854. The fourth-order valence-corrected chi connectivity index (χ4v) is 4.24. The van der Waals surface area contributed by atoms with Gasteiger partial charge in [0.1, 0.15) is 0 Å². The number of carboxylic acids is 1. The van der Waals surface area contributed by atoms with Crippen molar-refractivity contribution in [1.82, 2.24) is 0 Å². The average molecular weight is 370 g/mol. The second-order valence-corrected chi connectivity index (χ2v) is 7.79. The van der Waals surface area contributed by atoms with Crippen LogP contribution >= 0.6 is 0 Å². The molecule has 1 aliphatic heterocycles. The number of hydrogen-bond acceptors (Lipinski definition) is 5. The Balaban J connectivity index is 1.82. The van der Waals surface area contributed by atoms with Gasteiger partial charge in [-0.05, 0) is 31.6 Å². The first-order chi connectivity index (χ1) is 12.4. The monoisotopic (exact) mass is 370 g/mol. The van der Waals surface area contributed by atoms with Crippen LogP contribution in [-0.4, -0.2) is 56.9 Å². The first-order valence-corrected chi connectivity index (χ1v) is 10.0. The van der Waals surface area contributed by atoms with Gasteiger partial charge in [-0.3, -0.25) is 4.79 Å². The zero-order chi connectivity index (χ0) is 19.1. The maximum Gasteiger partial charge on any atom is 0.303 e. The number of rotatable bonds is 11. The molecule has 1 aliphatic carbocycles. The second kappa shape index (κ2) is 10.4. The molecular formula is C20H34O6. The van der Waals surface area contributed by atoms with Gasteiger partial charge in [0.25, 0.3) is 0 Å². The van der Waals surface area contributed by atoms with Gasteiger partial charge in [-0.15, -0.1) is 0 Å². The van der Waals surface area contributed by atoms with E-state index in [0.29, 0.717) is 25.7 Å². The van der Waals surface area contributed by atoms with Crippen LogP contribution in [0.15, 0.2) is 12.2 Å². The van der Waals surface area contributed by atoms with Crippen LogP contribution in [0.4, 0.5) is 0 Å². The van der Waals surface area contributed by atoms with Gasteiger partial charge in [-0.25, -0.2) is 0 Å². The van der Waals surface area contributed by atoms with Gasteiger partial charge >= 0.3 is 5.97 Å². The lowest BCUT2D eigenvalue weighted by Gasteiger charge is -2.21. The molecule has 0 bridgehead atoms. The molecule has 1 saturated carbocycles. The van der Waals surface area contributed by atoms with Crippen molar-refractivity contribution in [2.75, 3.05) is 0 Å². The first kappa shape index (κ1) is 21.4. The summed E-state index contributed by atoms with van der Waals surface area (Å²) in [7, 11) is 0. The molecule has 7 atom stereocenters. The van der Waals surface area contributed by atoms with E-state index < -0.39 is 24.3 Å². The molecule has 26 heavy (non-hydrogen) atoms. The van der Waals surface area contributed by atoms with E-state index in [-0.39, 0.29) is 30.5 Å². The molecule has 0 amide bonds. The summed E-state index contributed by atoms with van der Waals surface area (Å²) >= 11 is 0. The third kappa shape index (κ3) is 6.05. The number of hydrogen-bond donors (Lipinski definition) is 4. The van der Waals surface area contributed by atoms with Crippen molar-refractivity contribution < 1.29 is 30.0 Å². The molecular weight excluding hydrogens is 336 g/mol. The Hall–Kier alpha value is -0.950. The summed E-state index contributed by atoms with van der Waals surface area (Å²) in [6.07, 6.45) is 7.80. The van der Waals surface area contributed by atoms with E-state index in [0.717, 1.165) is 25.7 Å². The Labute approximate surface area is 155 Å². The quantitative estimate of drug-likeness (QED) is 0.328. The summed E-state index contributed by atoms with van der Waals surface area (Å²) in [5.41, 5.74) is 0. The van der Waals surface area contributed by atoms with E-state index in [1.54, 1.807) is 6.08 Å². The first-order valence-electron chi connectivity index (χ1n) is 10.0. The number of unbranched alkanes of at least 4 members (excludes halogenated alkanes) is 2. The molecule has 0 spiro atoms. The lowest BCUT2D eigenvalue weighted by Crippen LogP contribution is -2.28. The Morgan fingerprint density at radius 1 is 1.19 bits per heavy atom. The Bertz CT molecular complexity index is 465. The predicted octanol–water partition coefficient (Wildman–Crippen LogP) is 2.25. The van der Waals surface area contributed by atoms with Crippen molar-refractivity contribution in [3.8, 4) is 0 Å². The number of ether oxygens (including phenoxy) is 1. The molecule has 1 heterocycles. The van der Waals surface area contributed by atoms with Gasteiger partial charge in [0, 0.05) is 18.8 Å². The zero-order valence-corrected chi connectivity index (χ0v) is 15.7. The normalized spacial score (nSPS) is 33.5. The summed E-state index contributed by atoms with van der Waals surface area (Å²) < 4.78 is 5.94. The summed E-state index contributed by atoms with van der Waals surface area (Å²) in [6, 6.07) is 0. The molecule has 2 aliphatic rings. The van der Waals surface area contributed by atoms with Gasteiger partial charge in [-0.2, -0.15) is 0 Å². The Kier molecular flexibility index (Phi) is 8.54. The van der Waals surface area contributed by atoms with E-state index in [1.807, 2.05) is 6.08 Å². The second-order valence-electron chi connectivity index (χ2n) is 7.79. The molecule has 4 N–H and O–H groups in total. The van der Waals surface area contributed by atoms with E-state index in [1.165, 1.54) is 0 Å². The molecule has 6 nitrogen and oxygen atoms in total. The topological polar surface area (TPSA) is 107 Å². The fourth-order valence-electron chi connectivity index (χ4n) is 4.24. The van der Waals surface area contributed by atoms with Gasteiger partial charge in [-0.1, -0.05) is 38.3 Å². The average Bonchev–Trinajstić information content (AvgIpc) is 3.10. The maximum atomic E-state index is 10.6. The van der Waals surface area contributed by atoms with Crippen LogP contribution in [0.1, 0.15) is 64.7 Å². The number of aliphatic hydroxyl groups excluding tert-OH is 3. The maximum absolute atomic E-state index is 10.6. The van der Waals surface area contributed by atoms with Crippen molar-refractivity contribution in [3.05, 3.63) is 12.2 Å². The third-order valence-corrected chi connectivity index (χ3v) is 5.72. The number of fused-ring (bicyclic) bond motifs is 1. The zero-order valence-electron chi connectivity index (χ0n) is 15.7. The summed E-state index contributed by atoms with van der Waals surface area (Å²) in [5, 5.41) is 39.3. The highest BCUT2D eigenvalue weighted by Gasteiger charge is 2.49. The minimum absolute atomic E-state index is 0.0522. The lowest BCUT2D eigenvalue weighted by molar-refractivity contribution is -0.137. The van der Waals surface area contributed by atoms with E-state index >= 15 is 0 Å². The summed E-state index contributed by atoms with van der Waals surface area (Å²) in [6.45, 7) is 2.13. The molecule has 0 aromatic rings. The number of carboxylic acid groups (broad SMARTS) is 1. The highest BCUT2D eigenvalue weighted by Crippen LogP contribution is 2.45. The van der Waals surface area contributed by atoms with Gasteiger partial charge in [0.2, 0.25) is 0 Å². The van der Waals surface area contributed by atoms with Gasteiger partial charge in [0.05, 0.1) is 30.5 Å². The molecule has 2 rings (SSSR count). The van der Waals surface area contributed by atoms with Crippen LogP contribution in [0.25, 0.3) is 0 Å². The molecule has 0 aromatic carbocycles. The standard InChI is InChI=1S/C20H34O6/c1-2-3-4-6-13(21)9-10-14-15-11-19(26-18(15)12-17(14)23)16(22)7-5-8-20(24)25/h9-10,13-19,21-23H,2-8,11-12H2,1H3,(H,24,25)/b10-9+/t13-,14+,15+,16+,17+,18-,19+/m0/s1. The van der Waals surface area contributed by atoms with E-state index in [2.05, 4.69) is 6.92 Å². The number of carbonyl (C=O) groups is 1. The number of aliphatic carboxylic acids is 1. The van der Waals surface area contributed by atoms with E-state index in [4.69, 9.17) is 9.84 Å². The SMILES string of the molecule is CCCCC[C@H](O)/C=C/[C@@H]1[C@H]2C[C@H]([C@H](O)CCCC(=O)O)O[C@H]2C[C@H]1O. The van der Waals surface area contributed by atoms with Crippen molar-refractivity contribution in [2.24, 2.45) is 11.8 Å². The Morgan fingerprint density at radius 2 is 1.96 bits per heavy atom. The van der Waals surface area contributed by atoms with Crippen LogP contribution in [0.3, 0.4) is 0 Å². The van der Waals surface area contributed by atoms with Gasteiger partial charge < -0.3 is 25.2 Å². The van der Waals surface area contributed by atoms with Crippen molar-refractivity contribution in [1.29, 1.82) is 0 Å². The lowest BCUT2D eigenvalue weighted by atomic mass is 9.88. The molecule has 0 unspecified atom stereocenters. The number of aliphatic hydroxyl groups is 3. The summed E-state index contributed by atoms with van der Waals surface area (Å²) in [4.78, 5) is 10.6. The van der Waals surface area contributed by atoms with E-state index in [9.17, 15) is 20.1 Å². The van der Waals surface area contributed by atoms with Crippen molar-refractivity contribution in [3.63, 3.8) is 0 Å². The minimum Gasteiger partial charge on any atom is -0.481 e.